The molecule has 4 aromatic rings. The zero-order chi connectivity index (χ0) is 28.2. The summed E-state index contributed by atoms with van der Waals surface area (Å²) in [6, 6.07) is 15.7. The topological polar surface area (TPSA) is 133 Å². The second-order valence-electron chi connectivity index (χ2n) is 8.99. The molecule has 0 unspecified atom stereocenters. The van der Waals surface area contributed by atoms with Gasteiger partial charge in [-0.05, 0) is 48.5 Å². The van der Waals surface area contributed by atoms with E-state index in [1.807, 2.05) is 17.0 Å². The van der Waals surface area contributed by atoms with E-state index in [1.165, 1.54) is 14.2 Å². The molecule has 1 aliphatic rings. The van der Waals surface area contributed by atoms with Crippen LogP contribution < -0.4 is 20.1 Å². The minimum absolute atomic E-state index is 0.0613. The molecule has 1 aliphatic heterocycles. The first-order chi connectivity index (χ1) is 19.4. The maximum Gasteiger partial charge on any atom is 0.341 e. The SMILES string of the molecule is COC(=O)c1ccc(-c2ccc3nc(N)nc(N4CCN(C(=O)COc5ccc(Cl)cc5)CC4)c3n2)cc1OC. The van der Waals surface area contributed by atoms with Gasteiger partial charge in [-0.1, -0.05) is 17.7 Å². The van der Waals surface area contributed by atoms with E-state index in [-0.39, 0.29) is 18.5 Å². The second-order valence-corrected chi connectivity index (χ2v) is 9.42. The summed E-state index contributed by atoms with van der Waals surface area (Å²) in [5, 5.41) is 0.602. The van der Waals surface area contributed by atoms with E-state index in [2.05, 4.69) is 9.97 Å². The lowest BCUT2D eigenvalue weighted by atomic mass is 10.1. The highest BCUT2D eigenvalue weighted by Crippen LogP contribution is 2.30. The van der Waals surface area contributed by atoms with Gasteiger partial charge in [-0.25, -0.2) is 14.8 Å². The molecule has 0 radical (unpaired) electrons. The highest BCUT2D eigenvalue weighted by Gasteiger charge is 2.25. The second kappa shape index (κ2) is 11.6. The van der Waals surface area contributed by atoms with Crippen LogP contribution in [0.2, 0.25) is 5.02 Å². The van der Waals surface area contributed by atoms with Crippen LogP contribution in [0.4, 0.5) is 11.8 Å². The van der Waals surface area contributed by atoms with Gasteiger partial charge in [0.2, 0.25) is 5.95 Å². The van der Waals surface area contributed by atoms with Crippen molar-refractivity contribution in [3.8, 4) is 22.8 Å². The van der Waals surface area contributed by atoms with Crippen LogP contribution in [0.3, 0.4) is 0 Å². The predicted molar refractivity (Wildman–Crippen MR) is 151 cm³/mol. The number of anilines is 2. The van der Waals surface area contributed by atoms with Crippen LogP contribution in [-0.4, -0.2) is 78.7 Å². The van der Waals surface area contributed by atoms with E-state index < -0.39 is 5.97 Å². The van der Waals surface area contributed by atoms with E-state index in [0.717, 1.165) is 5.56 Å². The van der Waals surface area contributed by atoms with Gasteiger partial charge in [0.1, 0.15) is 22.6 Å². The van der Waals surface area contributed by atoms with E-state index in [4.69, 9.17) is 36.5 Å². The molecule has 1 saturated heterocycles. The molecule has 11 nitrogen and oxygen atoms in total. The molecule has 1 amide bonds. The number of benzene rings is 2. The lowest BCUT2D eigenvalue weighted by Gasteiger charge is -2.35. The Labute approximate surface area is 235 Å². The summed E-state index contributed by atoms with van der Waals surface area (Å²) in [5.74, 6) is 1.09. The lowest BCUT2D eigenvalue weighted by Crippen LogP contribution is -2.50. The van der Waals surface area contributed by atoms with Crippen LogP contribution in [0.1, 0.15) is 10.4 Å². The summed E-state index contributed by atoms with van der Waals surface area (Å²) >= 11 is 5.90. The Morgan fingerprint density at radius 3 is 2.40 bits per heavy atom. The first-order valence-corrected chi connectivity index (χ1v) is 12.9. The molecule has 0 spiro atoms. The fourth-order valence-corrected chi connectivity index (χ4v) is 4.59. The van der Waals surface area contributed by atoms with Crippen molar-refractivity contribution in [2.75, 3.05) is 57.6 Å². The largest absolute Gasteiger partial charge is 0.496 e. The van der Waals surface area contributed by atoms with Gasteiger partial charge in [0.05, 0.1) is 25.4 Å². The third kappa shape index (κ3) is 5.69. The number of carbonyl (C=O) groups excluding carboxylic acids is 2. The van der Waals surface area contributed by atoms with Crippen molar-refractivity contribution in [2.24, 2.45) is 0 Å². The first-order valence-electron chi connectivity index (χ1n) is 12.5. The normalized spacial score (nSPS) is 13.3. The Balaban J connectivity index is 1.34. The van der Waals surface area contributed by atoms with Crippen molar-refractivity contribution < 1.29 is 23.8 Å². The molecule has 2 aromatic carbocycles. The van der Waals surface area contributed by atoms with Crippen LogP contribution in [-0.2, 0) is 9.53 Å². The van der Waals surface area contributed by atoms with E-state index >= 15 is 0 Å². The molecule has 5 rings (SSSR count). The number of methoxy groups -OCH3 is 2. The number of rotatable bonds is 7. The minimum Gasteiger partial charge on any atom is -0.496 e. The maximum atomic E-state index is 12.7. The molecule has 206 valence electrons. The number of hydrogen-bond donors (Lipinski definition) is 1. The Kier molecular flexibility index (Phi) is 7.83. The van der Waals surface area contributed by atoms with Crippen LogP contribution in [0.15, 0.2) is 54.6 Å². The quantitative estimate of drug-likeness (QED) is 0.334. The van der Waals surface area contributed by atoms with Crippen molar-refractivity contribution >= 4 is 46.3 Å². The standard InChI is InChI=1S/C28H27ClN6O5/c1-38-23-15-17(3-8-20(23)27(37)39-2)21-9-10-22-25(31-21)26(33-28(30)32-22)35-13-11-34(12-14-35)24(36)16-40-19-6-4-18(29)5-7-19/h3-10,15H,11-14,16H2,1-2H3,(H2,30,32,33). The highest BCUT2D eigenvalue weighted by atomic mass is 35.5. The van der Waals surface area contributed by atoms with Gasteiger partial charge < -0.3 is 29.7 Å². The van der Waals surface area contributed by atoms with Crippen LogP contribution in [0.5, 0.6) is 11.5 Å². The first kappa shape index (κ1) is 26.9. The molecule has 40 heavy (non-hydrogen) atoms. The average molecular weight is 563 g/mol. The molecule has 0 atom stereocenters. The molecular weight excluding hydrogens is 536 g/mol. The highest BCUT2D eigenvalue weighted by molar-refractivity contribution is 6.30. The number of amides is 1. The fourth-order valence-electron chi connectivity index (χ4n) is 4.46. The number of carbonyl (C=O) groups is 2. The molecule has 3 heterocycles. The summed E-state index contributed by atoms with van der Waals surface area (Å²) in [7, 11) is 2.81. The molecule has 12 heteroatoms. The summed E-state index contributed by atoms with van der Waals surface area (Å²) in [6.45, 7) is 1.98. The van der Waals surface area contributed by atoms with Gasteiger partial charge in [-0.15, -0.1) is 0 Å². The minimum atomic E-state index is -0.491. The number of pyridine rings is 1. The Bertz CT molecular complexity index is 1560. The van der Waals surface area contributed by atoms with Crippen molar-refractivity contribution in [3.05, 3.63) is 65.2 Å². The number of piperazine rings is 1. The molecule has 2 aromatic heterocycles. The number of nitrogens with zero attached hydrogens (tertiary/aromatic N) is 5. The number of aromatic nitrogens is 3. The van der Waals surface area contributed by atoms with Crippen LogP contribution in [0, 0.1) is 0 Å². The monoisotopic (exact) mass is 562 g/mol. The number of halogens is 1. The number of hydrogen-bond acceptors (Lipinski definition) is 10. The third-order valence-corrected chi connectivity index (χ3v) is 6.80. The van der Waals surface area contributed by atoms with Crippen molar-refractivity contribution in [1.29, 1.82) is 0 Å². The van der Waals surface area contributed by atoms with Crippen molar-refractivity contribution in [2.45, 2.75) is 0 Å². The number of nitrogen functional groups attached to an aromatic ring is 1. The molecule has 0 aliphatic carbocycles. The third-order valence-electron chi connectivity index (χ3n) is 6.55. The van der Waals surface area contributed by atoms with Gasteiger partial charge in [-0.2, -0.15) is 4.98 Å². The van der Waals surface area contributed by atoms with Crippen molar-refractivity contribution in [3.63, 3.8) is 0 Å². The molecule has 0 saturated carbocycles. The Morgan fingerprint density at radius 1 is 0.950 bits per heavy atom. The van der Waals surface area contributed by atoms with Gasteiger partial charge in [0.25, 0.3) is 5.91 Å². The summed E-state index contributed by atoms with van der Waals surface area (Å²) in [4.78, 5) is 42.3. The summed E-state index contributed by atoms with van der Waals surface area (Å²) < 4.78 is 15.9. The average Bonchev–Trinajstić information content (AvgIpc) is 2.99. The summed E-state index contributed by atoms with van der Waals surface area (Å²) in [5.41, 5.74) is 8.91. The number of nitrogens with two attached hydrogens (primary N) is 1. The number of fused-ring (bicyclic) bond motifs is 1. The predicted octanol–water partition coefficient (Wildman–Crippen LogP) is 3.45. The van der Waals surface area contributed by atoms with Crippen LogP contribution >= 0.6 is 11.6 Å². The smallest absolute Gasteiger partial charge is 0.341 e. The number of ether oxygens (including phenoxy) is 3. The van der Waals surface area contributed by atoms with Crippen molar-refractivity contribution in [1.82, 2.24) is 19.9 Å². The zero-order valence-electron chi connectivity index (χ0n) is 22.0. The van der Waals surface area contributed by atoms with Gasteiger partial charge in [0.15, 0.2) is 12.4 Å². The molecule has 0 bridgehead atoms. The van der Waals surface area contributed by atoms with Gasteiger partial charge in [-0.3, -0.25) is 4.79 Å². The van der Waals surface area contributed by atoms with E-state index in [0.29, 0.717) is 70.8 Å². The lowest BCUT2D eigenvalue weighted by molar-refractivity contribution is -0.133. The number of esters is 1. The summed E-state index contributed by atoms with van der Waals surface area (Å²) in [6.07, 6.45) is 0. The molecular formula is C28H27ClN6O5. The zero-order valence-corrected chi connectivity index (χ0v) is 22.7. The van der Waals surface area contributed by atoms with Gasteiger partial charge in [0, 0.05) is 36.8 Å². The van der Waals surface area contributed by atoms with Crippen LogP contribution in [0.25, 0.3) is 22.3 Å². The Hall–Kier alpha value is -4.64. The Morgan fingerprint density at radius 2 is 1.70 bits per heavy atom. The molecule has 2 N–H and O–H groups in total. The van der Waals surface area contributed by atoms with E-state index in [1.54, 1.807) is 47.4 Å². The fraction of sp³-hybridized carbons (Fsp3) is 0.250. The molecule has 1 fully saturated rings. The van der Waals surface area contributed by atoms with E-state index in [9.17, 15) is 9.59 Å². The maximum absolute atomic E-state index is 12.7. The van der Waals surface area contributed by atoms with Gasteiger partial charge >= 0.3 is 5.97 Å².